The summed E-state index contributed by atoms with van der Waals surface area (Å²) in [5.74, 6) is 0.241. The van der Waals surface area contributed by atoms with E-state index in [2.05, 4.69) is 19.5 Å². The number of hydrogen-bond acceptors (Lipinski definition) is 10. The Morgan fingerprint density at radius 2 is 2.21 bits per heavy atom. The van der Waals surface area contributed by atoms with Crippen molar-refractivity contribution >= 4 is 25.2 Å². The largest absolute Gasteiger partial charge is 0.387 e. The maximum Gasteiger partial charge on any atom is 0.318 e. The van der Waals surface area contributed by atoms with E-state index in [4.69, 9.17) is 19.7 Å². The van der Waals surface area contributed by atoms with Gasteiger partial charge in [0, 0.05) is 14.2 Å². The number of nitrogens with zero attached hydrogens (tertiary/aromatic N) is 4. The Balaban J connectivity index is 1.86. The summed E-state index contributed by atoms with van der Waals surface area (Å²) in [4.78, 5) is 12.2. The Labute approximate surface area is 137 Å². The smallest absolute Gasteiger partial charge is 0.318 e. The van der Waals surface area contributed by atoms with E-state index in [9.17, 15) is 9.67 Å². The van der Waals surface area contributed by atoms with Gasteiger partial charge in [0.15, 0.2) is 17.7 Å². The summed E-state index contributed by atoms with van der Waals surface area (Å²) in [6.45, 7) is -0.104. The fraction of sp³-hybridized carbons (Fsp3) is 0.583. The highest BCUT2D eigenvalue weighted by Crippen LogP contribution is 2.35. The Morgan fingerprint density at radius 3 is 2.92 bits per heavy atom. The topological polar surface area (TPSA) is 144 Å². The average molecular weight is 359 g/mol. The standard InChI is InChI=1S/C12H18N5O6P/c1-20-9-8(18)6(3-22-24(19)21-2)23-12(9)17-5-16-7-10(13)14-4-15-11(7)17/h4-6,8-9,12,18,24H,3H2,1-2H3,(H2,13,14,15)/t6-,8-,9-,12-/m1/s1. The molecule has 12 heteroatoms. The molecule has 1 aliphatic rings. The molecule has 132 valence electrons. The lowest BCUT2D eigenvalue weighted by Crippen LogP contribution is -2.34. The number of aliphatic hydroxyl groups is 1. The van der Waals surface area contributed by atoms with Crippen LogP contribution in [0.3, 0.4) is 0 Å². The van der Waals surface area contributed by atoms with Gasteiger partial charge >= 0.3 is 8.25 Å². The number of hydrogen-bond donors (Lipinski definition) is 2. The Bertz CT molecular complexity index is 742. The highest BCUT2D eigenvalue weighted by Gasteiger charge is 2.46. The molecule has 2 aromatic rings. The van der Waals surface area contributed by atoms with Crippen LogP contribution in [-0.2, 0) is 23.1 Å². The molecule has 24 heavy (non-hydrogen) atoms. The van der Waals surface area contributed by atoms with Gasteiger partial charge in [0.2, 0.25) is 0 Å². The number of ether oxygens (including phenoxy) is 2. The molecule has 1 aliphatic heterocycles. The van der Waals surface area contributed by atoms with E-state index < -0.39 is 32.8 Å². The number of anilines is 1. The van der Waals surface area contributed by atoms with Crippen LogP contribution in [0.4, 0.5) is 5.82 Å². The van der Waals surface area contributed by atoms with Gasteiger partial charge in [0.25, 0.3) is 0 Å². The molecule has 3 N–H and O–H groups in total. The molecule has 1 fully saturated rings. The Hall–Kier alpha value is -1.62. The summed E-state index contributed by atoms with van der Waals surface area (Å²) >= 11 is 0. The normalized spacial score (nSPS) is 28.5. The lowest BCUT2D eigenvalue weighted by atomic mass is 10.1. The van der Waals surface area contributed by atoms with E-state index in [0.717, 1.165) is 0 Å². The first kappa shape index (κ1) is 17.2. The van der Waals surface area contributed by atoms with Gasteiger partial charge in [0.05, 0.1) is 12.9 Å². The van der Waals surface area contributed by atoms with Gasteiger partial charge in [-0.1, -0.05) is 0 Å². The highest BCUT2D eigenvalue weighted by atomic mass is 31.1. The maximum absolute atomic E-state index is 11.3. The minimum absolute atomic E-state index is 0.104. The molecule has 3 heterocycles. The van der Waals surface area contributed by atoms with Crippen LogP contribution in [0.5, 0.6) is 0 Å². The number of aromatic nitrogens is 4. The van der Waals surface area contributed by atoms with Gasteiger partial charge in [-0.05, 0) is 0 Å². The third kappa shape index (κ3) is 3.02. The maximum atomic E-state index is 11.3. The molecule has 2 aromatic heterocycles. The molecule has 3 rings (SSSR count). The van der Waals surface area contributed by atoms with Gasteiger partial charge in [0.1, 0.15) is 30.2 Å². The summed E-state index contributed by atoms with van der Waals surface area (Å²) in [6.07, 6.45) is -0.349. The third-order valence-electron chi connectivity index (χ3n) is 3.78. The fourth-order valence-electron chi connectivity index (χ4n) is 2.60. The van der Waals surface area contributed by atoms with Crippen LogP contribution < -0.4 is 5.73 Å². The average Bonchev–Trinajstić information content (AvgIpc) is 3.14. The van der Waals surface area contributed by atoms with Crippen LogP contribution in [0.25, 0.3) is 11.2 Å². The van der Waals surface area contributed by atoms with Crippen LogP contribution in [-0.4, -0.2) is 63.8 Å². The molecular weight excluding hydrogens is 341 g/mol. The molecule has 0 radical (unpaired) electrons. The number of aliphatic hydroxyl groups excluding tert-OH is 1. The van der Waals surface area contributed by atoms with Crippen molar-refractivity contribution in [1.29, 1.82) is 0 Å². The van der Waals surface area contributed by atoms with Crippen molar-refractivity contribution in [1.82, 2.24) is 19.5 Å². The van der Waals surface area contributed by atoms with Crippen LogP contribution in [0.2, 0.25) is 0 Å². The minimum atomic E-state index is -2.61. The summed E-state index contributed by atoms with van der Waals surface area (Å²) in [5.41, 5.74) is 6.65. The fourth-order valence-corrected chi connectivity index (χ4v) is 3.02. The van der Waals surface area contributed by atoms with Crippen LogP contribution >= 0.6 is 8.25 Å². The predicted molar refractivity (Wildman–Crippen MR) is 82.4 cm³/mol. The summed E-state index contributed by atoms with van der Waals surface area (Å²) in [7, 11) is 0.114. The third-order valence-corrected chi connectivity index (χ3v) is 4.51. The number of nitrogen functional groups attached to an aromatic ring is 1. The van der Waals surface area contributed by atoms with E-state index in [1.807, 2.05) is 0 Å². The van der Waals surface area contributed by atoms with Crippen molar-refractivity contribution in [3.05, 3.63) is 12.7 Å². The molecule has 0 amide bonds. The van der Waals surface area contributed by atoms with Crippen molar-refractivity contribution in [2.45, 2.75) is 24.5 Å². The monoisotopic (exact) mass is 359 g/mol. The zero-order chi connectivity index (χ0) is 17.3. The van der Waals surface area contributed by atoms with Crippen molar-refractivity contribution in [2.75, 3.05) is 26.6 Å². The van der Waals surface area contributed by atoms with Gasteiger partial charge in [-0.25, -0.2) is 15.0 Å². The molecule has 5 atom stereocenters. The van der Waals surface area contributed by atoms with E-state index in [-0.39, 0.29) is 12.4 Å². The van der Waals surface area contributed by atoms with E-state index in [1.165, 1.54) is 26.9 Å². The van der Waals surface area contributed by atoms with Gasteiger partial charge in [-0.3, -0.25) is 9.13 Å². The SMILES string of the molecule is CO[C@@H]1[C@H](O)[C@@H](CO[PH](=O)OC)O[C@H]1n1cnc2c(N)ncnc21. The second kappa shape index (κ2) is 7.09. The lowest BCUT2D eigenvalue weighted by Gasteiger charge is -2.19. The highest BCUT2D eigenvalue weighted by molar-refractivity contribution is 7.33. The molecule has 0 saturated carbocycles. The molecule has 11 nitrogen and oxygen atoms in total. The Kier molecular flexibility index (Phi) is 5.09. The van der Waals surface area contributed by atoms with Crippen molar-refractivity contribution in [2.24, 2.45) is 0 Å². The second-order valence-electron chi connectivity index (χ2n) is 5.10. The molecule has 1 saturated heterocycles. The number of imidazole rings is 1. The molecule has 1 unspecified atom stereocenters. The van der Waals surface area contributed by atoms with Crippen LogP contribution in [0.1, 0.15) is 6.23 Å². The van der Waals surface area contributed by atoms with Crippen molar-refractivity contribution < 1.29 is 28.2 Å². The number of nitrogens with two attached hydrogens (primary N) is 1. The van der Waals surface area contributed by atoms with E-state index >= 15 is 0 Å². The zero-order valence-electron chi connectivity index (χ0n) is 13.0. The van der Waals surface area contributed by atoms with Gasteiger partial charge < -0.3 is 29.4 Å². The number of fused-ring (bicyclic) bond motifs is 1. The number of rotatable bonds is 6. The lowest BCUT2D eigenvalue weighted by molar-refractivity contribution is -0.0562. The zero-order valence-corrected chi connectivity index (χ0v) is 14.0. The summed E-state index contributed by atoms with van der Waals surface area (Å²) in [5, 5.41) is 10.4. The van der Waals surface area contributed by atoms with Crippen molar-refractivity contribution in [3.8, 4) is 0 Å². The first-order valence-electron chi connectivity index (χ1n) is 7.07. The molecule has 0 spiro atoms. The first-order valence-corrected chi connectivity index (χ1v) is 8.29. The van der Waals surface area contributed by atoms with E-state index in [0.29, 0.717) is 11.2 Å². The second-order valence-corrected chi connectivity index (χ2v) is 6.30. The van der Waals surface area contributed by atoms with Crippen LogP contribution in [0, 0.1) is 0 Å². The van der Waals surface area contributed by atoms with E-state index in [1.54, 1.807) is 4.57 Å². The van der Waals surface area contributed by atoms with Crippen LogP contribution in [0.15, 0.2) is 12.7 Å². The molecular formula is C12H18N5O6P. The number of methoxy groups -OCH3 is 1. The van der Waals surface area contributed by atoms with Crippen molar-refractivity contribution in [3.63, 3.8) is 0 Å². The Morgan fingerprint density at radius 1 is 1.42 bits per heavy atom. The molecule has 0 bridgehead atoms. The molecule has 0 aromatic carbocycles. The van der Waals surface area contributed by atoms with Gasteiger partial charge in [-0.2, -0.15) is 0 Å². The molecule has 0 aliphatic carbocycles. The van der Waals surface area contributed by atoms with Gasteiger partial charge in [-0.15, -0.1) is 0 Å². The summed E-state index contributed by atoms with van der Waals surface area (Å²) < 4.78 is 33.6. The minimum Gasteiger partial charge on any atom is -0.387 e. The predicted octanol–water partition coefficient (Wildman–Crippen LogP) is -0.266. The first-order chi connectivity index (χ1) is 11.6. The summed E-state index contributed by atoms with van der Waals surface area (Å²) in [6, 6.07) is 0. The quantitative estimate of drug-likeness (QED) is 0.661.